The highest BCUT2D eigenvalue weighted by molar-refractivity contribution is 7.89. The summed E-state index contributed by atoms with van der Waals surface area (Å²) >= 11 is 0. The standard InChI is InChI=1S/C23H20F2N4O3S/c1-23(2,3)28-33(31,32)15-9-11-20(26-13-15)29-22(30)17-7-5-4-6-16(17)21(27-29)14-8-10-18(24)19(25)12-14/h4-13,28H,1-3H3. The van der Waals surface area contributed by atoms with E-state index in [1.54, 1.807) is 45.0 Å². The third-order valence-electron chi connectivity index (χ3n) is 4.69. The molecular formula is C23H20F2N4O3S. The van der Waals surface area contributed by atoms with E-state index in [2.05, 4.69) is 14.8 Å². The van der Waals surface area contributed by atoms with Crippen molar-refractivity contribution < 1.29 is 17.2 Å². The summed E-state index contributed by atoms with van der Waals surface area (Å²) in [5, 5.41) is 5.10. The highest BCUT2D eigenvalue weighted by Crippen LogP contribution is 2.26. The van der Waals surface area contributed by atoms with E-state index in [0.717, 1.165) is 23.0 Å². The number of fused-ring (bicyclic) bond motifs is 1. The van der Waals surface area contributed by atoms with Crippen molar-refractivity contribution in [1.82, 2.24) is 19.5 Å². The Morgan fingerprint density at radius 3 is 2.24 bits per heavy atom. The third kappa shape index (κ3) is 4.53. The number of hydrogen-bond acceptors (Lipinski definition) is 5. The molecular weight excluding hydrogens is 450 g/mol. The molecule has 1 N–H and O–H groups in total. The Morgan fingerprint density at radius 2 is 1.64 bits per heavy atom. The van der Waals surface area contributed by atoms with Crippen molar-refractivity contribution in [2.75, 3.05) is 0 Å². The summed E-state index contributed by atoms with van der Waals surface area (Å²) < 4.78 is 56.0. The summed E-state index contributed by atoms with van der Waals surface area (Å²) in [7, 11) is -3.82. The summed E-state index contributed by atoms with van der Waals surface area (Å²) in [4.78, 5) is 17.2. The second kappa shape index (κ2) is 8.13. The van der Waals surface area contributed by atoms with E-state index in [1.165, 1.54) is 18.2 Å². The number of nitrogens with one attached hydrogen (secondary N) is 1. The molecule has 2 heterocycles. The van der Waals surface area contributed by atoms with Crippen LogP contribution < -0.4 is 10.3 Å². The highest BCUT2D eigenvalue weighted by Gasteiger charge is 2.23. The fraction of sp³-hybridized carbons (Fsp3) is 0.174. The molecule has 0 amide bonds. The van der Waals surface area contributed by atoms with Gasteiger partial charge >= 0.3 is 0 Å². The van der Waals surface area contributed by atoms with Crippen LogP contribution in [0.5, 0.6) is 0 Å². The Balaban J connectivity index is 1.87. The molecule has 2 aromatic heterocycles. The predicted octanol–water partition coefficient (Wildman–Crippen LogP) is 3.80. The number of hydrogen-bond donors (Lipinski definition) is 1. The van der Waals surface area contributed by atoms with Crippen LogP contribution in [0.3, 0.4) is 0 Å². The Kier molecular flexibility index (Phi) is 5.59. The number of benzene rings is 2. The molecule has 170 valence electrons. The highest BCUT2D eigenvalue weighted by atomic mass is 32.2. The van der Waals surface area contributed by atoms with Crippen molar-refractivity contribution >= 4 is 20.8 Å². The summed E-state index contributed by atoms with van der Waals surface area (Å²) in [6.45, 7) is 5.14. The van der Waals surface area contributed by atoms with Gasteiger partial charge in [-0.2, -0.15) is 9.78 Å². The number of rotatable bonds is 4. The third-order valence-corrected chi connectivity index (χ3v) is 6.43. The lowest BCUT2D eigenvalue weighted by atomic mass is 10.0. The van der Waals surface area contributed by atoms with Crippen LogP contribution in [0.1, 0.15) is 20.8 Å². The molecule has 0 aliphatic carbocycles. The van der Waals surface area contributed by atoms with Crippen molar-refractivity contribution in [3.63, 3.8) is 0 Å². The van der Waals surface area contributed by atoms with Gasteiger partial charge in [0, 0.05) is 22.7 Å². The molecule has 0 spiro atoms. The predicted molar refractivity (Wildman–Crippen MR) is 121 cm³/mol. The molecule has 2 aromatic carbocycles. The van der Waals surface area contributed by atoms with Crippen LogP contribution in [0, 0.1) is 11.6 Å². The lowest BCUT2D eigenvalue weighted by Gasteiger charge is -2.20. The molecule has 4 rings (SSSR count). The smallest absolute Gasteiger partial charge is 0.267 e. The first kappa shape index (κ1) is 22.7. The molecule has 0 saturated carbocycles. The maximum atomic E-state index is 13.9. The Labute approximate surface area is 188 Å². The van der Waals surface area contributed by atoms with E-state index in [1.807, 2.05) is 0 Å². The zero-order valence-corrected chi connectivity index (χ0v) is 18.8. The summed E-state index contributed by atoms with van der Waals surface area (Å²) in [5.41, 5.74) is -0.662. The van der Waals surface area contributed by atoms with Gasteiger partial charge in [-0.3, -0.25) is 4.79 Å². The number of aromatic nitrogens is 3. The lowest BCUT2D eigenvalue weighted by molar-refractivity contribution is 0.491. The van der Waals surface area contributed by atoms with Gasteiger partial charge in [0.15, 0.2) is 17.5 Å². The van der Waals surface area contributed by atoms with Crippen molar-refractivity contribution in [2.24, 2.45) is 0 Å². The van der Waals surface area contributed by atoms with E-state index in [9.17, 15) is 22.0 Å². The Morgan fingerprint density at radius 1 is 0.939 bits per heavy atom. The molecule has 0 fully saturated rings. The lowest BCUT2D eigenvalue weighted by Crippen LogP contribution is -2.40. The number of pyridine rings is 1. The second-order valence-corrected chi connectivity index (χ2v) is 10.1. The van der Waals surface area contributed by atoms with Gasteiger partial charge < -0.3 is 0 Å². The van der Waals surface area contributed by atoms with Gasteiger partial charge in [0.2, 0.25) is 10.0 Å². The zero-order chi connectivity index (χ0) is 24.0. The monoisotopic (exact) mass is 470 g/mol. The van der Waals surface area contributed by atoms with Gasteiger partial charge in [0.25, 0.3) is 5.56 Å². The minimum absolute atomic E-state index is 0.0733. The molecule has 0 unspecified atom stereocenters. The average molecular weight is 471 g/mol. The topological polar surface area (TPSA) is 94.0 Å². The van der Waals surface area contributed by atoms with Crippen molar-refractivity contribution in [3.05, 3.63) is 82.8 Å². The molecule has 0 saturated heterocycles. The van der Waals surface area contributed by atoms with Crippen LogP contribution in [0.15, 0.2) is 70.5 Å². The molecule has 7 nitrogen and oxygen atoms in total. The van der Waals surface area contributed by atoms with Crippen LogP contribution >= 0.6 is 0 Å². The minimum atomic E-state index is -3.82. The second-order valence-electron chi connectivity index (χ2n) is 8.45. The molecule has 10 heteroatoms. The van der Waals surface area contributed by atoms with Crippen molar-refractivity contribution in [2.45, 2.75) is 31.2 Å². The van der Waals surface area contributed by atoms with E-state index >= 15 is 0 Å². The van der Waals surface area contributed by atoms with E-state index < -0.39 is 32.8 Å². The number of sulfonamides is 1. The molecule has 33 heavy (non-hydrogen) atoms. The van der Waals surface area contributed by atoms with E-state index in [-0.39, 0.29) is 22.0 Å². The first-order chi connectivity index (χ1) is 15.5. The van der Waals surface area contributed by atoms with Crippen LogP contribution in [0.4, 0.5) is 8.78 Å². The number of halogens is 2. The van der Waals surface area contributed by atoms with Crippen LogP contribution in [-0.2, 0) is 10.0 Å². The van der Waals surface area contributed by atoms with Crippen LogP contribution in [0.2, 0.25) is 0 Å². The van der Waals surface area contributed by atoms with Gasteiger partial charge in [0.1, 0.15) is 4.90 Å². The summed E-state index contributed by atoms with van der Waals surface area (Å²) in [6.07, 6.45) is 1.13. The van der Waals surface area contributed by atoms with Gasteiger partial charge in [-0.05, 0) is 57.2 Å². The van der Waals surface area contributed by atoms with Crippen molar-refractivity contribution in [3.8, 4) is 17.1 Å². The first-order valence-corrected chi connectivity index (χ1v) is 11.4. The average Bonchev–Trinajstić information content (AvgIpc) is 2.75. The van der Waals surface area contributed by atoms with Gasteiger partial charge in [-0.15, -0.1) is 0 Å². The molecule has 0 aliphatic heterocycles. The maximum absolute atomic E-state index is 13.9. The normalized spacial score (nSPS) is 12.3. The fourth-order valence-electron chi connectivity index (χ4n) is 3.32. The SMILES string of the molecule is CC(C)(C)NS(=O)(=O)c1ccc(-n2nc(-c3ccc(F)c(F)c3)c3ccccc3c2=O)nc1. The summed E-state index contributed by atoms with van der Waals surface area (Å²) in [5.74, 6) is -1.97. The van der Waals surface area contributed by atoms with E-state index in [4.69, 9.17) is 0 Å². The van der Waals surface area contributed by atoms with E-state index in [0.29, 0.717) is 10.8 Å². The molecule has 0 atom stereocenters. The maximum Gasteiger partial charge on any atom is 0.280 e. The fourth-order valence-corrected chi connectivity index (χ4v) is 4.68. The van der Waals surface area contributed by atoms with Gasteiger partial charge in [0.05, 0.1) is 11.1 Å². The summed E-state index contributed by atoms with van der Waals surface area (Å²) in [6, 6.07) is 12.6. The van der Waals surface area contributed by atoms with Crippen LogP contribution in [0.25, 0.3) is 27.8 Å². The first-order valence-electron chi connectivity index (χ1n) is 9.94. The zero-order valence-electron chi connectivity index (χ0n) is 18.0. The Bertz CT molecular complexity index is 1530. The molecule has 0 bridgehead atoms. The largest absolute Gasteiger partial charge is 0.280 e. The molecule has 0 radical (unpaired) electrons. The van der Waals surface area contributed by atoms with Crippen LogP contribution in [-0.4, -0.2) is 28.7 Å². The van der Waals surface area contributed by atoms with Gasteiger partial charge in [-0.25, -0.2) is 26.9 Å². The Hall–Kier alpha value is -3.50. The van der Waals surface area contributed by atoms with Crippen molar-refractivity contribution in [1.29, 1.82) is 0 Å². The van der Waals surface area contributed by atoms with Gasteiger partial charge in [-0.1, -0.05) is 18.2 Å². The quantitative estimate of drug-likeness (QED) is 0.490. The number of nitrogens with zero attached hydrogens (tertiary/aromatic N) is 3. The minimum Gasteiger partial charge on any atom is -0.267 e. The molecule has 0 aliphatic rings. The molecule has 4 aromatic rings.